The lowest BCUT2D eigenvalue weighted by Crippen LogP contribution is -2.24. The van der Waals surface area contributed by atoms with E-state index in [-0.39, 0.29) is 5.41 Å². The van der Waals surface area contributed by atoms with Crippen LogP contribution in [-0.2, 0) is 5.41 Å². The van der Waals surface area contributed by atoms with Gasteiger partial charge in [0.15, 0.2) is 17.3 Å². The Morgan fingerprint density at radius 2 is 2.00 bits per heavy atom. The maximum Gasteiger partial charge on any atom is 0.363 e. The topological polar surface area (TPSA) is 101 Å². The van der Waals surface area contributed by atoms with Crippen molar-refractivity contribution >= 4 is 12.0 Å². The zero-order valence-electron chi connectivity index (χ0n) is 17.2. The van der Waals surface area contributed by atoms with Crippen molar-refractivity contribution in [2.24, 2.45) is 5.10 Å². The van der Waals surface area contributed by atoms with Crippen molar-refractivity contribution in [1.29, 1.82) is 0 Å². The Hall–Kier alpha value is -2.90. The summed E-state index contributed by atoms with van der Waals surface area (Å²) in [4.78, 5) is 15.4. The molecule has 2 N–H and O–H groups in total. The van der Waals surface area contributed by atoms with E-state index < -0.39 is 5.69 Å². The van der Waals surface area contributed by atoms with E-state index >= 15 is 0 Å². The number of anilines is 1. The smallest absolute Gasteiger partial charge is 0.363 e. The molecule has 8 heteroatoms. The molecule has 0 bridgehead atoms. The highest BCUT2D eigenvalue weighted by Crippen LogP contribution is 2.28. The molecule has 1 aromatic carbocycles. The molecule has 0 fully saturated rings. The van der Waals surface area contributed by atoms with Gasteiger partial charge >= 0.3 is 5.69 Å². The monoisotopic (exact) mass is 387 g/mol. The molecule has 0 saturated heterocycles. The van der Waals surface area contributed by atoms with Gasteiger partial charge in [0, 0.05) is 5.41 Å². The van der Waals surface area contributed by atoms with Crippen LogP contribution in [-0.4, -0.2) is 34.6 Å². The number of ether oxygens (including phenoxy) is 2. The molecule has 28 heavy (non-hydrogen) atoms. The number of aromatic amines is 1. The number of aromatic nitrogens is 3. The summed E-state index contributed by atoms with van der Waals surface area (Å²) in [5, 5.41) is 10.7. The van der Waals surface area contributed by atoms with Gasteiger partial charge in [-0.1, -0.05) is 34.1 Å². The largest absolute Gasteiger partial charge is 0.490 e. The fourth-order valence-corrected chi connectivity index (χ4v) is 2.42. The van der Waals surface area contributed by atoms with Gasteiger partial charge in [0.1, 0.15) is 5.69 Å². The highest BCUT2D eigenvalue weighted by atomic mass is 16.5. The van der Waals surface area contributed by atoms with Crippen molar-refractivity contribution in [1.82, 2.24) is 15.2 Å². The lowest BCUT2D eigenvalue weighted by Gasteiger charge is -2.18. The third-order valence-electron chi connectivity index (χ3n) is 3.82. The van der Waals surface area contributed by atoms with Crippen LogP contribution in [0.25, 0.3) is 0 Å². The summed E-state index contributed by atoms with van der Waals surface area (Å²) in [6.07, 6.45) is 3.70. The number of rotatable bonds is 9. The Bertz CT molecular complexity index is 856. The van der Waals surface area contributed by atoms with E-state index in [0.29, 0.717) is 30.5 Å². The number of nitrogens with one attached hydrogen (secondary N) is 2. The summed E-state index contributed by atoms with van der Waals surface area (Å²) in [5.41, 5.74) is 3.45. The number of nitrogens with zero attached hydrogens (tertiary/aromatic N) is 3. The molecule has 0 aliphatic carbocycles. The number of benzene rings is 1. The average molecular weight is 387 g/mol. The van der Waals surface area contributed by atoms with E-state index in [2.05, 4.69) is 32.6 Å². The van der Waals surface area contributed by atoms with Crippen molar-refractivity contribution in [3.8, 4) is 11.5 Å². The zero-order valence-corrected chi connectivity index (χ0v) is 17.2. The molecule has 1 aromatic heterocycles. The van der Waals surface area contributed by atoms with Crippen LogP contribution in [0.2, 0.25) is 0 Å². The van der Waals surface area contributed by atoms with Crippen molar-refractivity contribution in [3.05, 3.63) is 39.9 Å². The van der Waals surface area contributed by atoms with Crippen molar-refractivity contribution in [2.75, 3.05) is 18.6 Å². The molecule has 0 atom stereocenters. The predicted octanol–water partition coefficient (Wildman–Crippen LogP) is 3.49. The highest BCUT2D eigenvalue weighted by molar-refractivity contribution is 5.81. The van der Waals surface area contributed by atoms with Crippen LogP contribution in [0.5, 0.6) is 11.5 Å². The lowest BCUT2D eigenvalue weighted by molar-refractivity contribution is 0.272. The molecule has 2 rings (SSSR count). The molecule has 0 amide bonds. The minimum absolute atomic E-state index is 0.297. The van der Waals surface area contributed by atoms with E-state index in [1.54, 1.807) is 6.21 Å². The molecule has 0 spiro atoms. The van der Waals surface area contributed by atoms with E-state index in [9.17, 15) is 4.79 Å². The number of H-pyrrole nitrogens is 1. The van der Waals surface area contributed by atoms with E-state index in [0.717, 1.165) is 24.2 Å². The Balaban J connectivity index is 2.17. The molecule has 1 heterocycles. The fraction of sp³-hybridized carbons (Fsp3) is 0.500. The second-order valence-electron chi connectivity index (χ2n) is 7.30. The molecular formula is C20H29N5O3. The summed E-state index contributed by atoms with van der Waals surface area (Å²) in [5.74, 6) is 1.72. The summed E-state index contributed by atoms with van der Waals surface area (Å²) in [7, 11) is 0. The molecular weight excluding hydrogens is 358 g/mol. The van der Waals surface area contributed by atoms with Gasteiger partial charge in [-0.3, -0.25) is 5.43 Å². The molecule has 8 nitrogen and oxygen atoms in total. The van der Waals surface area contributed by atoms with Crippen LogP contribution in [0.3, 0.4) is 0 Å². The van der Waals surface area contributed by atoms with Gasteiger partial charge in [-0.15, -0.1) is 0 Å². The van der Waals surface area contributed by atoms with Crippen LogP contribution in [0.1, 0.15) is 58.7 Å². The highest BCUT2D eigenvalue weighted by Gasteiger charge is 2.21. The minimum atomic E-state index is -0.530. The number of hydrogen-bond acceptors (Lipinski definition) is 7. The van der Waals surface area contributed by atoms with Gasteiger partial charge in [0.05, 0.1) is 19.4 Å². The zero-order chi connectivity index (χ0) is 20.6. The Labute approximate surface area is 165 Å². The molecule has 2 aromatic rings. The van der Waals surface area contributed by atoms with Gasteiger partial charge in [-0.05, 0) is 37.1 Å². The van der Waals surface area contributed by atoms with Gasteiger partial charge in [-0.2, -0.15) is 15.2 Å². The summed E-state index contributed by atoms with van der Waals surface area (Å²) < 4.78 is 11.5. The molecule has 0 aliphatic rings. The van der Waals surface area contributed by atoms with Crippen molar-refractivity contribution in [3.63, 3.8) is 0 Å². The second kappa shape index (κ2) is 9.87. The van der Waals surface area contributed by atoms with Gasteiger partial charge in [0.25, 0.3) is 0 Å². The first-order valence-electron chi connectivity index (χ1n) is 9.51. The Morgan fingerprint density at radius 1 is 1.21 bits per heavy atom. The first-order valence-corrected chi connectivity index (χ1v) is 9.51. The Morgan fingerprint density at radius 3 is 2.68 bits per heavy atom. The lowest BCUT2D eigenvalue weighted by atomic mass is 9.92. The van der Waals surface area contributed by atoms with Crippen LogP contribution in [0.15, 0.2) is 28.1 Å². The Kier molecular flexibility index (Phi) is 7.54. The fourth-order valence-electron chi connectivity index (χ4n) is 2.42. The van der Waals surface area contributed by atoms with Crippen molar-refractivity contribution in [2.45, 2.75) is 52.9 Å². The second-order valence-corrected chi connectivity index (χ2v) is 7.30. The molecule has 0 aliphatic heterocycles. The van der Waals surface area contributed by atoms with Crippen molar-refractivity contribution < 1.29 is 9.47 Å². The maximum absolute atomic E-state index is 11.5. The van der Waals surface area contributed by atoms with Gasteiger partial charge in [0.2, 0.25) is 0 Å². The first kappa shape index (κ1) is 21.4. The van der Waals surface area contributed by atoms with E-state index in [4.69, 9.17) is 9.47 Å². The van der Waals surface area contributed by atoms with Crippen LogP contribution < -0.4 is 20.6 Å². The summed E-state index contributed by atoms with van der Waals surface area (Å²) >= 11 is 0. The average Bonchev–Trinajstić information content (AvgIpc) is 2.63. The molecule has 0 unspecified atom stereocenters. The minimum Gasteiger partial charge on any atom is -0.490 e. The first-order chi connectivity index (χ1) is 13.3. The SMILES string of the molecule is CCCCOc1ccc(/C=N/Nc2nc(=O)[nH]nc2C(C)(C)C)cc1OCC. The van der Waals surface area contributed by atoms with Gasteiger partial charge < -0.3 is 9.47 Å². The maximum atomic E-state index is 11.5. The molecule has 152 valence electrons. The van der Waals surface area contributed by atoms with Crippen LogP contribution >= 0.6 is 0 Å². The summed E-state index contributed by atoms with van der Waals surface area (Å²) in [6, 6.07) is 5.63. The predicted molar refractivity (Wildman–Crippen MR) is 111 cm³/mol. The summed E-state index contributed by atoms with van der Waals surface area (Å²) in [6.45, 7) is 11.2. The quantitative estimate of drug-likeness (QED) is 0.388. The number of hydrogen-bond donors (Lipinski definition) is 2. The third-order valence-corrected chi connectivity index (χ3v) is 3.82. The standard InChI is InChI=1S/C20H29N5O3/c1-6-8-11-28-15-10-9-14(12-16(15)27-7-2)13-21-24-18-17(20(3,4)5)23-25-19(26)22-18/h9-10,12-13H,6-8,11H2,1-5H3,(H2,22,24,25,26)/b21-13+. The normalized spacial score (nSPS) is 11.6. The third kappa shape index (κ3) is 6.07. The van der Waals surface area contributed by atoms with Crippen LogP contribution in [0, 0.1) is 0 Å². The van der Waals surface area contributed by atoms with Crippen LogP contribution in [0.4, 0.5) is 5.82 Å². The van der Waals surface area contributed by atoms with Gasteiger partial charge in [-0.25, -0.2) is 9.89 Å². The van der Waals surface area contributed by atoms with E-state index in [1.165, 1.54) is 0 Å². The number of hydrazone groups is 1. The van der Waals surface area contributed by atoms with E-state index in [1.807, 2.05) is 45.9 Å². The molecule has 0 saturated carbocycles. The number of unbranched alkanes of at least 4 members (excludes halogenated alkanes) is 1. The molecule has 0 radical (unpaired) electrons.